The minimum absolute atomic E-state index is 0.185. The molecule has 1 heterocycles. The van der Waals surface area contributed by atoms with Gasteiger partial charge in [-0.05, 0) is 32.8 Å². The van der Waals surface area contributed by atoms with Gasteiger partial charge in [-0.25, -0.2) is 0 Å². The zero-order chi connectivity index (χ0) is 13.5. The highest BCUT2D eigenvalue weighted by Gasteiger charge is 2.13. The van der Waals surface area contributed by atoms with Gasteiger partial charge < -0.3 is 14.8 Å². The van der Waals surface area contributed by atoms with Crippen molar-refractivity contribution in [2.75, 3.05) is 6.54 Å². The summed E-state index contributed by atoms with van der Waals surface area (Å²) in [6.45, 7) is 4.17. The number of hydrogen-bond acceptors (Lipinski definition) is 3. The van der Waals surface area contributed by atoms with Crippen LogP contribution in [0, 0.1) is 13.8 Å². The monoisotopic (exact) mass is 253 g/mol. The molecular formula is C13H19NO4. The number of rotatable bonds is 7. The summed E-state index contributed by atoms with van der Waals surface area (Å²) in [5.41, 5.74) is 0.830. The maximum atomic E-state index is 11.7. The molecule has 0 bridgehead atoms. The summed E-state index contributed by atoms with van der Waals surface area (Å²) in [6, 6.07) is 1.82. The smallest absolute Gasteiger partial charge is 0.303 e. The van der Waals surface area contributed by atoms with Crippen molar-refractivity contribution in [1.29, 1.82) is 0 Å². The van der Waals surface area contributed by atoms with E-state index in [1.165, 1.54) is 0 Å². The van der Waals surface area contributed by atoms with E-state index in [0.717, 1.165) is 24.2 Å². The van der Waals surface area contributed by atoms with Crippen molar-refractivity contribution >= 4 is 11.9 Å². The molecule has 0 saturated heterocycles. The number of aliphatic carboxylic acids is 1. The normalized spacial score (nSPS) is 10.3. The summed E-state index contributed by atoms with van der Waals surface area (Å²) in [5.74, 6) is 0.0942. The molecule has 1 amide bonds. The number of hydrogen-bond donors (Lipinski definition) is 2. The summed E-state index contributed by atoms with van der Waals surface area (Å²) >= 11 is 0. The van der Waals surface area contributed by atoms with Gasteiger partial charge >= 0.3 is 5.97 Å². The average Bonchev–Trinajstić information content (AvgIpc) is 2.62. The topological polar surface area (TPSA) is 79.5 Å². The number of unbranched alkanes of at least 4 members (excludes halogenated alkanes) is 2. The van der Waals surface area contributed by atoms with Crippen molar-refractivity contribution < 1.29 is 19.1 Å². The van der Waals surface area contributed by atoms with Gasteiger partial charge in [0.15, 0.2) is 5.76 Å². The van der Waals surface area contributed by atoms with Crippen LogP contribution in [0.4, 0.5) is 0 Å². The highest BCUT2D eigenvalue weighted by atomic mass is 16.4. The Labute approximate surface area is 106 Å². The summed E-state index contributed by atoms with van der Waals surface area (Å²) in [5, 5.41) is 11.2. The van der Waals surface area contributed by atoms with E-state index in [0.29, 0.717) is 18.7 Å². The van der Waals surface area contributed by atoms with Crippen molar-refractivity contribution in [3.63, 3.8) is 0 Å². The molecule has 0 aliphatic heterocycles. The van der Waals surface area contributed by atoms with Crippen LogP contribution in [0.1, 0.15) is 47.6 Å². The zero-order valence-electron chi connectivity index (χ0n) is 10.8. The second-order valence-corrected chi connectivity index (χ2v) is 4.33. The van der Waals surface area contributed by atoms with Crippen LogP contribution in [0.25, 0.3) is 0 Å². The fourth-order valence-corrected chi connectivity index (χ4v) is 1.73. The van der Waals surface area contributed by atoms with Crippen molar-refractivity contribution in [2.45, 2.75) is 39.5 Å². The Morgan fingerprint density at radius 2 is 2.00 bits per heavy atom. The SMILES string of the molecule is Cc1cc(C)c(C(=O)NCCCCCC(=O)O)o1. The van der Waals surface area contributed by atoms with Gasteiger partial charge in [-0.15, -0.1) is 0 Å². The number of carbonyl (C=O) groups excluding carboxylic acids is 1. The first-order valence-corrected chi connectivity index (χ1v) is 6.07. The molecule has 0 atom stereocenters. The van der Waals surface area contributed by atoms with Crippen molar-refractivity contribution in [2.24, 2.45) is 0 Å². The fraction of sp³-hybridized carbons (Fsp3) is 0.538. The van der Waals surface area contributed by atoms with Gasteiger partial charge in [-0.1, -0.05) is 6.42 Å². The lowest BCUT2D eigenvalue weighted by molar-refractivity contribution is -0.137. The van der Waals surface area contributed by atoms with E-state index in [1.807, 2.05) is 13.0 Å². The van der Waals surface area contributed by atoms with Gasteiger partial charge in [-0.2, -0.15) is 0 Å². The van der Waals surface area contributed by atoms with Crippen molar-refractivity contribution in [3.05, 3.63) is 23.2 Å². The number of aryl methyl sites for hydroxylation is 2. The molecule has 0 spiro atoms. The molecule has 5 heteroatoms. The second kappa shape index (κ2) is 6.83. The number of furan rings is 1. The lowest BCUT2D eigenvalue weighted by Gasteiger charge is -2.03. The van der Waals surface area contributed by atoms with Gasteiger partial charge in [0.1, 0.15) is 5.76 Å². The quantitative estimate of drug-likeness (QED) is 0.730. The van der Waals surface area contributed by atoms with E-state index < -0.39 is 5.97 Å². The fourth-order valence-electron chi connectivity index (χ4n) is 1.73. The van der Waals surface area contributed by atoms with Crippen LogP contribution in [0.2, 0.25) is 0 Å². The summed E-state index contributed by atoms with van der Waals surface area (Å²) < 4.78 is 5.30. The first-order valence-electron chi connectivity index (χ1n) is 6.07. The zero-order valence-corrected chi connectivity index (χ0v) is 10.8. The Morgan fingerprint density at radius 1 is 1.28 bits per heavy atom. The van der Waals surface area contributed by atoms with Crippen LogP contribution >= 0.6 is 0 Å². The molecule has 1 aromatic rings. The molecule has 0 aromatic carbocycles. The van der Waals surface area contributed by atoms with Crippen molar-refractivity contribution in [3.8, 4) is 0 Å². The van der Waals surface area contributed by atoms with Crippen molar-refractivity contribution in [1.82, 2.24) is 5.32 Å². The minimum atomic E-state index is -0.777. The number of carboxylic acid groups (broad SMARTS) is 1. The maximum absolute atomic E-state index is 11.7. The highest BCUT2D eigenvalue weighted by molar-refractivity contribution is 5.92. The van der Waals surface area contributed by atoms with Gasteiger partial charge in [0.2, 0.25) is 0 Å². The van der Waals surface area contributed by atoms with E-state index in [9.17, 15) is 9.59 Å². The summed E-state index contributed by atoms with van der Waals surface area (Å²) in [7, 11) is 0. The molecule has 0 fully saturated rings. The Morgan fingerprint density at radius 3 is 2.56 bits per heavy atom. The standard InChI is InChI=1S/C13H19NO4/c1-9-8-10(2)18-12(9)13(17)14-7-5-3-4-6-11(15)16/h8H,3-7H2,1-2H3,(H,14,17)(H,15,16). The minimum Gasteiger partial charge on any atom is -0.481 e. The Hall–Kier alpha value is -1.78. The predicted octanol–water partition coefficient (Wildman–Crippen LogP) is 2.27. The van der Waals surface area contributed by atoms with E-state index in [-0.39, 0.29) is 12.3 Å². The van der Waals surface area contributed by atoms with Crippen LogP contribution in [-0.4, -0.2) is 23.5 Å². The first kappa shape index (κ1) is 14.3. The highest BCUT2D eigenvalue weighted by Crippen LogP contribution is 2.13. The molecule has 0 aliphatic rings. The Kier molecular flexibility index (Phi) is 5.42. The maximum Gasteiger partial charge on any atom is 0.303 e. The van der Waals surface area contributed by atoms with Crippen LogP contribution in [0.3, 0.4) is 0 Å². The molecular weight excluding hydrogens is 234 g/mol. The lowest BCUT2D eigenvalue weighted by atomic mass is 10.2. The van der Waals surface area contributed by atoms with Gasteiger partial charge in [0.25, 0.3) is 5.91 Å². The molecule has 0 unspecified atom stereocenters. The number of nitrogens with one attached hydrogen (secondary N) is 1. The Bertz CT molecular complexity index is 423. The molecule has 0 aliphatic carbocycles. The third-order valence-electron chi connectivity index (χ3n) is 2.60. The lowest BCUT2D eigenvalue weighted by Crippen LogP contribution is -2.24. The third kappa shape index (κ3) is 4.61. The van der Waals surface area contributed by atoms with Gasteiger partial charge in [-0.3, -0.25) is 9.59 Å². The predicted molar refractivity (Wildman–Crippen MR) is 66.6 cm³/mol. The van der Waals surface area contributed by atoms with Gasteiger partial charge in [0.05, 0.1) is 0 Å². The van der Waals surface area contributed by atoms with E-state index >= 15 is 0 Å². The molecule has 18 heavy (non-hydrogen) atoms. The average molecular weight is 253 g/mol. The number of carboxylic acids is 1. The first-order chi connectivity index (χ1) is 8.50. The van der Waals surface area contributed by atoms with E-state index in [2.05, 4.69) is 5.32 Å². The molecule has 2 N–H and O–H groups in total. The number of amides is 1. The van der Waals surface area contributed by atoms with Crippen LogP contribution in [0.5, 0.6) is 0 Å². The third-order valence-corrected chi connectivity index (χ3v) is 2.60. The number of carbonyl (C=O) groups is 2. The van der Waals surface area contributed by atoms with Gasteiger partial charge in [0, 0.05) is 18.5 Å². The molecule has 1 aromatic heterocycles. The van der Waals surface area contributed by atoms with Crippen LogP contribution < -0.4 is 5.32 Å². The molecule has 0 radical (unpaired) electrons. The second-order valence-electron chi connectivity index (χ2n) is 4.33. The molecule has 5 nitrogen and oxygen atoms in total. The molecule has 100 valence electrons. The summed E-state index contributed by atoms with van der Waals surface area (Å²) in [4.78, 5) is 22.0. The Balaban J connectivity index is 2.22. The molecule has 1 rings (SSSR count). The van der Waals surface area contributed by atoms with E-state index in [1.54, 1.807) is 6.92 Å². The van der Waals surface area contributed by atoms with E-state index in [4.69, 9.17) is 9.52 Å². The largest absolute Gasteiger partial charge is 0.481 e. The van der Waals surface area contributed by atoms with Crippen LogP contribution in [0.15, 0.2) is 10.5 Å². The summed E-state index contributed by atoms with van der Waals surface area (Å²) in [6.07, 6.45) is 2.40. The van der Waals surface area contributed by atoms with Crippen LogP contribution in [-0.2, 0) is 4.79 Å². The molecule has 0 saturated carbocycles.